The third-order valence-electron chi connectivity index (χ3n) is 5.82. The standard InChI is InChI=1S/C24H30Cl2N2O3.2ClH/c1-27(12-9-19-20(25)6-4-7-21(19)26)10-5-11-28-13-8-17-14-22(30-2)23(31-3)15-18(17)16-24(28)29;;/h4,6-7,14-15H,5,8-13,16H2,1-3H3;2*1H. The number of likely N-dealkylation sites (N-methyl/N-ethyl adjacent to an activating group) is 1. The largest absolute Gasteiger partial charge is 0.493 e. The van der Waals surface area contributed by atoms with Crippen molar-refractivity contribution in [3.05, 3.63) is 57.1 Å². The number of amides is 1. The fourth-order valence-corrected chi connectivity index (χ4v) is 4.56. The molecule has 2 aromatic rings. The molecule has 1 amide bonds. The molecule has 1 aliphatic rings. The normalized spacial score (nSPS) is 13.0. The number of benzene rings is 2. The minimum Gasteiger partial charge on any atom is -0.493 e. The molecule has 0 spiro atoms. The molecule has 5 nitrogen and oxygen atoms in total. The lowest BCUT2D eigenvalue weighted by Crippen LogP contribution is -2.35. The first kappa shape index (κ1) is 29.7. The zero-order valence-corrected chi connectivity index (χ0v) is 22.4. The number of hydrogen-bond donors (Lipinski definition) is 0. The second-order valence-corrected chi connectivity index (χ2v) is 8.70. The van der Waals surface area contributed by atoms with Gasteiger partial charge in [-0.25, -0.2) is 0 Å². The van der Waals surface area contributed by atoms with E-state index in [4.69, 9.17) is 32.7 Å². The fraction of sp³-hybridized carbons (Fsp3) is 0.458. The fourth-order valence-electron chi connectivity index (χ4n) is 3.97. The molecular weight excluding hydrogens is 506 g/mol. The first-order valence-corrected chi connectivity index (χ1v) is 11.3. The molecule has 2 aromatic carbocycles. The zero-order chi connectivity index (χ0) is 22.4. The van der Waals surface area contributed by atoms with Crippen molar-refractivity contribution in [1.29, 1.82) is 0 Å². The van der Waals surface area contributed by atoms with Gasteiger partial charge < -0.3 is 19.3 Å². The lowest BCUT2D eigenvalue weighted by Gasteiger charge is -2.23. The highest BCUT2D eigenvalue weighted by Gasteiger charge is 2.22. The number of methoxy groups -OCH3 is 2. The van der Waals surface area contributed by atoms with Crippen molar-refractivity contribution in [2.24, 2.45) is 0 Å². The van der Waals surface area contributed by atoms with E-state index in [-0.39, 0.29) is 30.7 Å². The SMILES string of the molecule is COc1cc2c(cc1OC)CC(=O)N(CCCN(C)CCc1c(Cl)cccc1Cl)CC2.Cl.Cl. The number of halogens is 4. The molecule has 1 heterocycles. The van der Waals surface area contributed by atoms with Crippen molar-refractivity contribution < 1.29 is 14.3 Å². The van der Waals surface area contributed by atoms with Crippen LogP contribution in [0.2, 0.25) is 10.0 Å². The van der Waals surface area contributed by atoms with Gasteiger partial charge in [0.1, 0.15) is 0 Å². The summed E-state index contributed by atoms with van der Waals surface area (Å²) in [6.45, 7) is 3.24. The van der Waals surface area contributed by atoms with Crippen molar-refractivity contribution >= 4 is 53.9 Å². The maximum atomic E-state index is 12.8. The van der Waals surface area contributed by atoms with Crippen LogP contribution >= 0.6 is 48.0 Å². The Morgan fingerprint density at radius 2 is 1.61 bits per heavy atom. The van der Waals surface area contributed by atoms with Crippen molar-refractivity contribution in [2.45, 2.75) is 25.7 Å². The van der Waals surface area contributed by atoms with Gasteiger partial charge >= 0.3 is 0 Å². The molecule has 0 saturated heterocycles. The van der Waals surface area contributed by atoms with Gasteiger partial charge in [-0.15, -0.1) is 24.8 Å². The summed E-state index contributed by atoms with van der Waals surface area (Å²) >= 11 is 12.5. The highest BCUT2D eigenvalue weighted by molar-refractivity contribution is 6.35. The number of fused-ring (bicyclic) bond motifs is 1. The number of hydrogen-bond acceptors (Lipinski definition) is 4. The van der Waals surface area contributed by atoms with Crippen molar-refractivity contribution in [3.63, 3.8) is 0 Å². The summed E-state index contributed by atoms with van der Waals surface area (Å²) in [5.41, 5.74) is 3.17. The molecule has 0 unspecified atom stereocenters. The minimum absolute atomic E-state index is 0. The quantitative estimate of drug-likeness (QED) is 0.432. The Hall–Kier alpha value is -1.37. The average molecular weight is 538 g/mol. The molecule has 0 N–H and O–H groups in total. The summed E-state index contributed by atoms with van der Waals surface area (Å²) in [6, 6.07) is 9.54. The van der Waals surface area contributed by atoms with Crippen LogP contribution in [0.4, 0.5) is 0 Å². The highest BCUT2D eigenvalue weighted by Crippen LogP contribution is 2.32. The first-order chi connectivity index (χ1) is 14.9. The molecule has 33 heavy (non-hydrogen) atoms. The van der Waals surface area contributed by atoms with Gasteiger partial charge in [-0.1, -0.05) is 29.3 Å². The van der Waals surface area contributed by atoms with E-state index in [0.29, 0.717) is 28.0 Å². The molecule has 0 atom stereocenters. The molecule has 0 saturated carbocycles. The van der Waals surface area contributed by atoms with Crippen molar-refractivity contribution in [1.82, 2.24) is 9.80 Å². The van der Waals surface area contributed by atoms with Crippen LogP contribution in [-0.2, 0) is 24.1 Å². The molecule has 0 bridgehead atoms. The Kier molecular flexibility index (Phi) is 12.7. The van der Waals surface area contributed by atoms with Crippen LogP contribution in [0.15, 0.2) is 30.3 Å². The maximum Gasteiger partial charge on any atom is 0.227 e. The summed E-state index contributed by atoms with van der Waals surface area (Å²) in [7, 11) is 5.34. The van der Waals surface area contributed by atoms with Gasteiger partial charge in [0.2, 0.25) is 5.91 Å². The molecule has 3 rings (SSSR count). The number of ether oxygens (including phenoxy) is 2. The van der Waals surface area contributed by atoms with Crippen LogP contribution in [0.3, 0.4) is 0 Å². The molecular formula is C24H32Cl4N2O3. The maximum absolute atomic E-state index is 12.8. The van der Waals surface area contributed by atoms with E-state index >= 15 is 0 Å². The minimum atomic E-state index is 0. The second-order valence-electron chi connectivity index (χ2n) is 7.89. The Bertz CT molecular complexity index is 907. The lowest BCUT2D eigenvalue weighted by atomic mass is 10.0. The molecule has 0 fully saturated rings. The molecule has 0 radical (unpaired) electrons. The van der Waals surface area contributed by atoms with E-state index in [1.807, 2.05) is 35.2 Å². The van der Waals surface area contributed by atoms with Crippen LogP contribution in [0.5, 0.6) is 11.5 Å². The van der Waals surface area contributed by atoms with Gasteiger partial charge in [0.15, 0.2) is 11.5 Å². The third-order valence-corrected chi connectivity index (χ3v) is 6.53. The van der Waals surface area contributed by atoms with Crippen molar-refractivity contribution in [2.75, 3.05) is 47.4 Å². The van der Waals surface area contributed by atoms with Crippen LogP contribution in [0.1, 0.15) is 23.1 Å². The van der Waals surface area contributed by atoms with Crippen molar-refractivity contribution in [3.8, 4) is 11.5 Å². The predicted molar refractivity (Wildman–Crippen MR) is 140 cm³/mol. The Morgan fingerprint density at radius 3 is 2.21 bits per heavy atom. The van der Waals surface area contributed by atoms with Crippen LogP contribution < -0.4 is 9.47 Å². The van der Waals surface area contributed by atoms with Gasteiger partial charge in [-0.3, -0.25) is 4.79 Å². The number of carbonyl (C=O) groups excluding carboxylic acids is 1. The number of carbonyl (C=O) groups is 1. The molecule has 9 heteroatoms. The summed E-state index contributed by atoms with van der Waals surface area (Å²) in [6.07, 6.45) is 2.94. The van der Waals surface area contributed by atoms with Gasteiger partial charge in [-0.05, 0) is 73.8 Å². The van der Waals surface area contributed by atoms with Gasteiger partial charge in [0.05, 0.1) is 20.6 Å². The Balaban J connectivity index is 0.00000272. The Labute approximate surface area is 219 Å². The monoisotopic (exact) mass is 536 g/mol. The summed E-state index contributed by atoms with van der Waals surface area (Å²) < 4.78 is 10.8. The predicted octanol–water partition coefficient (Wildman–Crippen LogP) is 5.35. The van der Waals surface area contributed by atoms with Crippen LogP contribution in [-0.4, -0.2) is 63.2 Å². The van der Waals surface area contributed by atoms with Crippen LogP contribution in [0, 0.1) is 0 Å². The van der Waals surface area contributed by atoms with Gasteiger partial charge in [0, 0.05) is 29.7 Å². The topological polar surface area (TPSA) is 42.0 Å². The van der Waals surface area contributed by atoms with E-state index in [1.54, 1.807) is 14.2 Å². The summed E-state index contributed by atoms with van der Waals surface area (Å²) in [5, 5.41) is 1.42. The van der Waals surface area contributed by atoms with E-state index in [9.17, 15) is 4.79 Å². The first-order valence-electron chi connectivity index (χ1n) is 10.6. The molecule has 1 aliphatic heterocycles. The average Bonchev–Trinajstić information content (AvgIpc) is 2.90. The number of nitrogens with zero attached hydrogens (tertiary/aromatic N) is 2. The molecule has 0 aromatic heterocycles. The zero-order valence-electron chi connectivity index (χ0n) is 19.2. The number of rotatable bonds is 9. The molecule has 0 aliphatic carbocycles. The lowest BCUT2D eigenvalue weighted by molar-refractivity contribution is -0.130. The summed E-state index contributed by atoms with van der Waals surface area (Å²) in [5.74, 6) is 1.54. The van der Waals surface area contributed by atoms with E-state index < -0.39 is 0 Å². The van der Waals surface area contributed by atoms with E-state index in [2.05, 4.69) is 11.9 Å². The van der Waals surface area contributed by atoms with Crippen LogP contribution in [0.25, 0.3) is 0 Å². The van der Waals surface area contributed by atoms with E-state index in [1.165, 1.54) is 0 Å². The summed E-state index contributed by atoms with van der Waals surface area (Å²) in [4.78, 5) is 17.0. The third kappa shape index (κ3) is 7.83. The highest BCUT2D eigenvalue weighted by atomic mass is 35.5. The van der Waals surface area contributed by atoms with E-state index in [0.717, 1.165) is 62.1 Å². The second kappa shape index (κ2) is 14.1. The van der Waals surface area contributed by atoms with Gasteiger partial charge in [-0.2, -0.15) is 0 Å². The van der Waals surface area contributed by atoms with Gasteiger partial charge in [0.25, 0.3) is 0 Å². The smallest absolute Gasteiger partial charge is 0.227 e. The molecule has 184 valence electrons. The Morgan fingerprint density at radius 1 is 1.00 bits per heavy atom.